The molecule has 3 rings (SSSR count). The predicted octanol–water partition coefficient (Wildman–Crippen LogP) is 3.73. The lowest BCUT2D eigenvalue weighted by atomic mass is 10.2. The monoisotopic (exact) mass is 398 g/mol. The first-order chi connectivity index (χ1) is 13.6. The number of benzene rings is 1. The first kappa shape index (κ1) is 19.4. The summed E-state index contributed by atoms with van der Waals surface area (Å²) in [6.07, 6.45) is 6.11. The van der Waals surface area contributed by atoms with E-state index in [1.807, 2.05) is 19.1 Å². The number of rotatable bonds is 7. The van der Waals surface area contributed by atoms with Crippen LogP contribution in [0.1, 0.15) is 28.7 Å². The molecule has 28 heavy (non-hydrogen) atoms. The molecule has 2 aromatic heterocycles. The van der Waals surface area contributed by atoms with Crippen molar-refractivity contribution in [1.29, 1.82) is 0 Å². The number of halogens is 1. The fourth-order valence-corrected chi connectivity index (χ4v) is 2.66. The van der Waals surface area contributed by atoms with Crippen LogP contribution in [0.4, 0.5) is 5.69 Å². The van der Waals surface area contributed by atoms with Gasteiger partial charge in [0.1, 0.15) is 5.76 Å². The number of carbonyl (C=O) groups excluding carboxylic acids is 2. The number of hydrogen-bond acceptors (Lipinski definition) is 4. The molecule has 0 aliphatic heterocycles. The third-order valence-electron chi connectivity index (χ3n) is 3.88. The normalized spacial score (nSPS) is 10.9. The van der Waals surface area contributed by atoms with Gasteiger partial charge in [-0.3, -0.25) is 14.3 Å². The SMILES string of the molecule is CCn1cc(NC(=O)/C=C/c2ccccc2Cl)c(C(=O)NCc2ccco2)n1. The summed E-state index contributed by atoms with van der Waals surface area (Å²) in [6.45, 7) is 2.68. The van der Waals surface area contributed by atoms with Crippen LogP contribution in [-0.2, 0) is 17.9 Å². The summed E-state index contributed by atoms with van der Waals surface area (Å²) in [7, 11) is 0. The van der Waals surface area contributed by atoms with Gasteiger partial charge in [-0.2, -0.15) is 5.10 Å². The quantitative estimate of drug-likeness (QED) is 0.593. The lowest BCUT2D eigenvalue weighted by molar-refractivity contribution is -0.111. The van der Waals surface area contributed by atoms with Gasteiger partial charge in [-0.15, -0.1) is 0 Å². The summed E-state index contributed by atoms with van der Waals surface area (Å²) >= 11 is 6.08. The predicted molar refractivity (Wildman–Crippen MR) is 107 cm³/mol. The second-order valence-electron chi connectivity index (χ2n) is 5.85. The molecule has 0 atom stereocenters. The van der Waals surface area contributed by atoms with E-state index in [0.717, 1.165) is 5.56 Å². The Bertz CT molecular complexity index is 993. The van der Waals surface area contributed by atoms with E-state index in [1.54, 1.807) is 41.2 Å². The Kier molecular flexibility index (Phi) is 6.29. The van der Waals surface area contributed by atoms with Crippen LogP contribution >= 0.6 is 11.6 Å². The number of aromatic nitrogens is 2. The van der Waals surface area contributed by atoms with Crippen LogP contribution < -0.4 is 10.6 Å². The molecule has 0 bridgehead atoms. The van der Waals surface area contributed by atoms with E-state index in [-0.39, 0.29) is 12.2 Å². The molecule has 0 aliphatic rings. The highest BCUT2D eigenvalue weighted by molar-refractivity contribution is 6.32. The van der Waals surface area contributed by atoms with Crippen molar-refractivity contribution in [3.63, 3.8) is 0 Å². The standard InChI is InChI=1S/C20H19ClN4O3/c1-2-25-13-17(19(24-25)20(27)22-12-15-7-5-11-28-15)23-18(26)10-9-14-6-3-4-8-16(14)21/h3-11,13H,2,12H2,1H3,(H,22,27)(H,23,26)/b10-9+. The van der Waals surface area contributed by atoms with Crippen LogP contribution in [-0.4, -0.2) is 21.6 Å². The molecule has 0 unspecified atom stereocenters. The van der Waals surface area contributed by atoms with Gasteiger partial charge in [0.15, 0.2) is 5.69 Å². The van der Waals surface area contributed by atoms with E-state index < -0.39 is 11.8 Å². The summed E-state index contributed by atoms with van der Waals surface area (Å²) in [4.78, 5) is 24.8. The van der Waals surface area contributed by atoms with Crippen molar-refractivity contribution in [2.24, 2.45) is 0 Å². The van der Waals surface area contributed by atoms with Gasteiger partial charge in [-0.1, -0.05) is 29.8 Å². The first-order valence-electron chi connectivity index (χ1n) is 8.68. The molecule has 0 spiro atoms. The lowest BCUT2D eigenvalue weighted by Gasteiger charge is -2.04. The van der Waals surface area contributed by atoms with Gasteiger partial charge in [0.05, 0.1) is 18.5 Å². The van der Waals surface area contributed by atoms with E-state index in [1.165, 1.54) is 12.3 Å². The Morgan fingerprint density at radius 1 is 1.25 bits per heavy atom. The average Bonchev–Trinajstić information content (AvgIpc) is 3.35. The Labute approximate surface area is 167 Å². The van der Waals surface area contributed by atoms with E-state index in [0.29, 0.717) is 23.0 Å². The maximum absolute atomic E-state index is 12.5. The molecular weight excluding hydrogens is 380 g/mol. The van der Waals surface area contributed by atoms with Crippen LogP contribution in [0.5, 0.6) is 0 Å². The Balaban J connectivity index is 1.70. The summed E-state index contributed by atoms with van der Waals surface area (Å²) in [5, 5.41) is 10.2. The topological polar surface area (TPSA) is 89.2 Å². The third-order valence-corrected chi connectivity index (χ3v) is 4.23. The van der Waals surface area contributed by atoms with E-state index in [2.05, 4.69) is 15.7 Å². The molecule has 8 heteroatoms. The molecular formula is C20H19ClN4O3. The van der Waals surface area contributed by atoms with Crippen LogP contribution in [0.3, 0.4) is 0 Å². The minimum Gasteiger partial charge on any atom is -0.467 e. The first-order valence-corrected chi connectivity index (χ1v) is 9.06. The van der Waals surface area contributed by atoms with Gasteiger partial charge in [0.25, 0.3) is 5.91 Å². The average molecular weight is 399 g/mol. The van der Waals surface area contributed by atoms with Gasteiger partial charge in [0.2, 0.25) is 5.91 Å². The van der Waals surface area contributed by atoms with Crippen molar-refractivity contribution in [3.8, 4) is 0 Å². The molecule has 0 fully saturated rings. The van der Waals surface area contributed by atoms with E-state index in [4.69, 9.17) is 16.0 Å². The summed E-state index contributed by atoms with van der Waals surface area (Å²) in [5.41, 5.74) is 1.18. The number of nitrogens with one attached hydrogen (secondary N) is 2. The number of amides is 2. The van der Waals surface area contributed by atoms with Gasteiger partial charge in [0, 0.05) is 23.8 Å². The smallest absolute Gasteiger partial charge is 0.274 e. The highest BCUT2D eigenvalue weighted by atomic mass is 35.5. The second-order valence-corrected chi connectivity index (χ2v) is 6.26. The Morgan fingerprint density at radius 2 is 2.07 bits per heavy atom. The molecule has 3 aromatic rings. The fourth-order valence-electron chi connectivity index (χ4n) is 2.46. The van der Waals surface area contributed by atoms with Crippen LogP contribution in [0.15, 0.2) is 59.4 Å². The number of anilines is 1. The molecule has 2 amide bonds. The zero-order chi connectivity index (χ0) is 19.9. The van der Waals surface area contributed by atoms with Gasteiger partial charge >= 0.3 is 0 Å². The molecule has 0 saturated carbocycles. The number of aryl methyl sites for hydroxylation is 1. The van der Waals surface area contributed by atoms with Crippen LogP contribution in [0.2, 0.25) is 5.02 Å². The largest absolute Gasteiger partial charge is 0.467 e. The molecule has 7 nitrogen and oxygen atoms in total. The van der Waals surface area contributed by atoms with E-state index >= 15 is 0 Å². The molecule has 1 aromatic carbocycles. The minimum absolute atomic E-state index is 0.132. The highest BCUT2D eigenvalue weighted by Gasteiger charge is 2.18. The van der Waals surface area contributed by atoms with Crippen LogP contribution in [0.25, 0.3) is 6.08 Å². The van der Waals surface area contributed by atoms with Crippen LogP contribution in [0, 0.1) is 0 Å². The third kappa shape index (κ3) is 4.89. The zero-order valence-electron chi connectivity index (χ0n) is 15.2. The number of furan rings is 1. The zero-order valence-corrected chi connectivity index (χ0v) is 15.9. The molecule has 0 aliphatic carbocycles. The highest BCUT2D eigenvalue weighted by Crippen LogP contribution is 2.17. The minimum atomic E-state index is -0.408. The van der Waals surface area contributed by atoms with Crippen molar-refractivity contribution in [2.75, 3.05) is 5.32 Å². The van der Waals surface area contributed by atoms with Gasteiger partial charge in [-0.25, -0.2) is 0 Å². The Hall–Kier alpha value is -3.32. The molecule has 144 valence electrons. The van der Waals surface area contributed by atoms with Crippen molar-refractivity contribution < 1.29 is 14.0 Å². The van der Waals surface area contributed by atoms with Gasteiger partial charge < -0.3 is 15.1 Å². The van der Waals surface area contributed by atoms with Crippen molar-refractivity contribution >= 4 is 35.2 Å². The number of carbonyl (C=O) groups is 2. The summed E-state index contributed by atoms with van der Waals surface area (Å²) in [5.74, 6) is -0.179. The summed E-state index contributed by atoms with van der Waals surface area (Å²) in [6, 6.07) is 10.7. The maximum Gasteiger partial charge on any atom is 0.274 e. The van der Waals surface area contributed by atoms with E-state index in [9.17, 15) is 9.59 Å². The van der Waals surface area contributed by atoms with Crippen molar-refractivity contribution in [2.45, 2.75) is 20.0 Å². The number of hydrogen-bond donors (Lipinski definition) is 2. The van der Waals surface area contributed by atoms with Crippen molar-refractivity contribution in [3.05, 3.63) is 77.0 Å². The molecule has 0 radical (unpaired) electrons. The van der Waals surface area contributed by atoms with Crippen molar-refractivity contribution in [1.82, 2.24) is 15.1 Å². The summed E-state index contributed by atoms with van der Waals surface area (Å²) < 4.78 is 6.77. The molecule has 0 saturated heterocycles. The number of nitrogens with zero attached hydrogens (tertiary/aromatic N) is 2. The second kappa shape index (κ2) is 9.05. The lowest BCUT2D eigenvalue weighted by Crippen LogP contribution is -2.24. The maximum atomic E-state index is 12.5. The fraction of sp³-hybridized carbons (Fsp3) is 0.150. The molecule has 2 heterocycles. The Morgan fingerprint density at radius 3 is 2.79 bits per heavy atom. The molecule has 2 N–H and O–H groups in total. The van der Waals surface area contributed by atoms with Gasteiger partial charge in [-0.05, 0) is 36.8 Å².